The molecule has 6 rings (SSSR count). The molecule has 0 bridgehead atoms. The topological polar surface area (TPSA) is 542 Å². The number of hydrogen-bond acceptors (Lipinski definition) is 23. The predicted molar refractivity (Wildman–Crippen MR) is 332 cm³/mol. The number of nitrogen functional groups attached to an aromatic ring is 2. The fourth-order valence-corrected chi connectivity index (χ4v) is 10.8. The van der Waals surface area contributed by atoms with Crippen LogP contribution in [0.1, 0.15) is 84.0 Å². The van der Waals surface area contributed by atoms with Crippen molar-refractivity contribution in [1.29, 1.82) is 0 Å². The Balaban J connectivity index is 0.000000559. The minimum atomic E-state index is -5.08. The van der Waals surface area contributed by atoms with Crippen LogP contribution in [-0.2, 0) is 70.8 Å². The molecule has 0 aliphatic carbocycles. The summed E-state index contributed by atoms with van der Waals surface area (Å²) < 4.78 is 55.6. The molecule has 0 spiro atoms. The van der Waals surface area contributed by atoms with Crippen molar-refractivity contribution in [3.8, 4) is 0 Å². The summed E-state index contributed by atoms with van der Waals surface area (Å²) in [6.45, 7) is 2.90. The number of ketones is 1. The number of aliphatic imine (C=N–C) groups is 1. The number of ether oxygens (including phenoxy) is 4. The number of aromatic nitrogens is 7. The molecular weight excluding hydrogens is 1290 g/mol. The number of primary amides is 2. The second kappa shape index (κ2) is 41.1. The molecule has 34 nitrogen and oxygen atoms in total. The van der Waals surface area contributed by atoms with Gasteiger partial charge in [-0.1, -0.05) is 19.8 Å². The fraction of sp³-hybridized carbons (Fsp3) is 0.596. The Hall–Kier alpha value is -8.43. The molecule has 1 unspecified atom stereocenters. The number of esters is 2. The number of urea groups is 1. The van der Waals surface area contributed by atoms with Crippen molar-refractivity contribution in [3.63, 3.8) is 0 Å². The Morgan fingerprint density at radius 1 is 0.848 bits per heavy atom. The number of H-pyrrole nitrogens is 2. The normalized spacial score (nSPS) is 15.3. The quantitative estimate of drug-likeness (QED) is 0.00684. The minimum absolute atomic E-state index is 0.000271. The van der Waals surface area contributed by atoms with Crippen LogP contribution in [0.5, 0.6) is 0 Å². The first-order valence-electron chi connectivity index (χ1n) is 28.5. The molecule has 2 saturated heterocycles. The molecule has 4 aromatic rings. The van der Waals surface area contributed by atoms with Crippen molar-refractivity contribution in [3.05, 3.63) is 39.4 Å². The maximum atomic E-state index is 13.4. The Morgan fingerprint density at radius 2 is 1.47 bits per heavy atom. The Bertz CT molecular complexity index is 3240. The number of anilines is 2. The third-order valence-corrected chi connectivity index (χ3v) is 15.6. The van der Waals surface area contributed by atoms with Gasteiger partial charge in [0.1, 0.15) is 38.4 Å². The zero-order valence-corrected chi connectivity index (χ0v) is 52.5. The van der Waals surface area contributed by atoms with E-state index in [0.717, 1.165) is 36.8 Å². The van der Waals surface area contributed by atoms with Gasteiger partial charge in [-0.05, 0) is 38.5 Å². The standard InChI is InChI=1S/C37H58N12O9S2.C10H12ClN5O4.C3H7NO.C2HF3O2/c38-28-16-25-33(35(55)47-28)44-20-49(25)21-57-13-14-58-31(53)19-59-17-22(34(39)54)15-26(50)23(7-6-12-43-36(40)41)45-30(52)10-2-1-5-11-42-29(51)9-4-3-8-27-32-24(18-60-27)46-37(56)48-32;11-3-6(17)20-2-1-19-5-16-4-13-7-8(16)14-10(12)15-9(7)18;1-2-3(4)5;3-2(4,5)1(6)7/h16,20,22-24,27,32H,1-15,17-19,21H2,(H2,39,54)(H,42,51)(H,45,52)(H3,38,47,55)(H4,40,41,43)(H2,46,48,56);4H,1-3,5H2,(H3,12,14,15,18);2H2,1H3,(H2,4,5);(H,6,7)/t22-,23?,24-,27-,32-;;;/m0.../s1. The van der Waals surface area contributed by atoms with Crippen LogP contribution in [0.4, 0.5) is 29.7 Å². The van der Waals surface area contributed by atoms with Crippen LogP contribution in [0.15, 0.2) is 33.3 Å². The molecular formula is C52H78ClF3N18O16S2. The summed E-state index contributed by atoms with van der Waals surface area (Å²) in [5, 5.41) is 19.1. The number of carbonyl (C=O) groups is 9. The number of amides is 6. The van der Waals surface area contributed by atoms with E-state index >= 15 is 0 Å². The molecule has 5 atom stereocenters. The molecule has 6 amide bonds. The van der Waals surface area contributed by atoms with Gasteiger partial charge in [0.15, 0.2) is 28.4 Å². The summed E-state index contributed by atoms with van der Waals surface area (Å²) in [6, 6.07) is 0.915. The number of nitrogens with zero attached hydrogens (tertiary/aromatic N) is 6. The maximum absolute atomic E-state index is 13.4. The molecule has 512 valence electrons. The number of thioether (sulfide) groups is 2. The van der Waals surface area contributed by atoms with E-state index in [4.69, 9.17) is 69.1 Å². The van der Waals surface area contributed by atoms with Gasteiger partial charge < -0.3 is 89.3 Å². The van der Waals surface area contributed by atoms with Gasteiger partial charge in [-0.25, -0.2) is 19.6 Å². The number of alkyl halides is 4. The van der Waals surface area contributed by atoms with E-state index in [1.165, 1.54) is 17.2 Å². The van der Waals surface area contributed by atoms with Gasteiger partial charge in [0, 0.05) is 61.6 Å². The van der Waals surface area contributed by atoms with Crippen molar-refractivity contribution in [2.75, 3.05) is 74.1 Å². The van der Waals surface area contributed by atoms with Crippen LogP contribution in [0, 0.1) is 5.92 Å². The number of unbranched alkanes of at least 4 members (excludes halogenated alkanes) is 3. The molecule has 0 radical (unpaired) electrons. The van der Waals surface area contributed by atoms with Gasteiger partial charge in [-0.3, -0.25) is 57.7 Å². The highest BCUT2D eigenvalue weighted by Gasteiger charge is 2.42. The highest BCUT2D eigenvalue weighted by atomic mass is 35.5. The van der Waals surface area contributed by atoms with Gasteiger partial charge in [-0.15, -0.1) is 23.4 Å². The number of hydrogen-bond donors (Lipinski definition) is 13. The summed E-state index contributed by atoms with van der Waals surface area (Å²) in [6.07, 6.45) is 3.76. The van der Waals surface area contributed by atoms with E-state index in [0.29, 0.717) is 61.5 Å². The molecule has 6 heterocycles. The molecule has 2 aliphatic heterocycles. The van der Waals surface area contributed by atoms with Crippen LogP contribution in [-0.4, -0.2) is 191 Å². The van der Waals surface area contributed by atoms with Gasteiger partial charge >= 0.3 is 30.1 Å². The van der Waals surface area contributed by atoms with Crippen LogP contribution in [0.3, 0.4) is 0 Å². The highest BCUT2D eigenvalue weighted by Crippen LogP contribution is 2.33. The highest BCUT2D eigenvalue weighted by molar-refractivity contribution is 8.00. The number of guanidine groups is 1. The van der Waals surface area contributed by atoms with E-state index in [-0.39, 0.29) is 153 Å². The number of fused-ring (bicyclic) bond motifs is 3. The lowest BCUT2D eigenvalue weighted by atomic mass is 9.96. The second-order valence-electron chi connectivity index (χ2n) is 20.0. The first-order chi connectivity index (χ1) is 43.6. The van der Waals surface area contributed by atoms with Gasteiger partial charge in [0.2, 0.25) is 29.6 Å². The molecule has 0 aromatic carbocycles. The van der Waals surface area contributed by atoms with Crippen LogP contribution < -0.4 is 66.8 Å². The smallest absolute Gasteiger partial charge is 0.475 e. The van der Waals surface area contributed by atoms with Crippen LogP contribution >= 0.6 is 35.1 Å². The molecule has 40 heteroatoms. The van der Waals surface area contributed by atoms with E-state index in [1.54, 1.807) is 17.6 Å². The third-order valence-electron chi connectivity index (χ3n) is 12.8. The average molecular weight is 1370 g/mol. The van der Waals surface area contributed by atoms with E-state index in [1.807, 2.05) is 11.8 Å². The number of imidazole rings is 2. The number of aromatic amines is 2. The summed E-state index contributed by atoms with van der Waals surface area (Å²) in [4.78, 5) is 148. The fourth-order valence-electron chi connectivity index (χ4n) is 8.27. The Labute approximate surface area is 536 Å². The summed E-state index contributed by atoms with van der Waals surface area (Å²) >= 11 is 8.21. The van der Waals surface area contributed by atoms with Gasteiger partial charge in [-0.2, -0.15) is 29.9 Å². The molecule has 0 saturated carbocycles. The predicted octanol–water partition coefficient (Wildman–Crippen LogP) is -0.468. The Kier molecular flexibility index (Phi) is 34.8. The van der Waals surface area contributed by atoms with E-state index < -0.39 is 53.1 Å². The minimum Gasteiger partial charge on any atom is -0.475 e. The van der Waals surface area contributed by atoms with Crippen molar-refractivity contribution in [2.24, 2.45) is 33.8 Å². The maximum Gasteiger partial charge on any atom is 0.490 e. The molecule has 92 heavy (non-hydrogen) atoms. The number of carbonyl (C=O) groups excluding carboxylic acids is 8. The Morgan fingerprint density at radius 3 is 2.11 bits per heavy atom. The van der Waals surface area contributed by atoms with E-state index in [2.05, 4.69) is 56.9 Å². The zero-order chi connectivity index (χ0) is 68.3. The lowest BCUT2D eigenvalue weighted by molar-refractivity contribution is -0.192. The number of aliphatic carboxylic acids is 1. The van der Waals surface area contributed by atoms with Gasteiger partial charge in [0.25, 0.3) is 11.1 Å². The number of nitrogens with two attached hydrogens (primary N) is 6. The lowest BCUT2D eigenvalue weighted by Crippen LogP contribution is -2.43. The van der Waals surface area contributed by atoms with Crippen LogP contribution in [0.2, 0.25) is 0 Å². The van der Waals surface area contributed by atoms with Crippen molar-refractivity contribution >= 4 is 128 Å². The number of nitrogens with one attached hydrogen (secondary N) is 6. The molecule has 2 fully saturated rings. The summed E-state index contributed by atoms with van der Waals surface area (Å²) in [7, 11) is 0. The molecule has 19 N–H and O–H groups in total. The molecule has 4 aromatic heterocycles. The van der Waals surface area contributed by atoms with Gasteiger partial charge in [0.05, 0.1) is 61.2 Å². The number of Topliss-reactive ketones (excluding diaryl/α,β-unsaturated/α-hetero) is 1. The third kappa shape index (κ3) is 29.7. The number of carboxylic acids is 1. The van der Waals surface area contributed by atoms with Crippen molar-refractivity contribution < 1.29 is 80.4 Å². The summed E-state index contributed by atoms with van der Waals surface area (Å²) in [5.74, 6) is -5.63. The van der Waals surface area contributed by atoms with E-state index in [9.17, 15) is 61.1 Å². The zero-order valence-electron chi connectivity index (χ0n) is 50.1. The largest absolute Gasteiger partial charge is 0.490 e. The van der Waals surface area contributed by atoms with Crippen molar-refractivity contribution in [2.45, 2.75) is 127 Å². The number of carboxylic acid groups (broad SMARTS) is 1. The second-order valence-corrected chi connectivity index (χ2v) is 22.6. The number of halogens is 4. The van der Waals surface area contributed by atoms with Crippen molar-refractivity contribution in [1.82, 2.24) is 55.3 Å². The SMILES string of the molecule is CCC(N)=O.NC(=O)[C@H](CSCC(=O)OCCOCn1cnc2c(=O)[nH]c(N)cc21)CC(=O)C(CCCN=C(N)N)NC(=O)CCCCCNC(=O)CCCC[C@@H]1SC[C@@H]2NC(=O)N[C@@H]21.Nc1nc2c(ncn2COCCOC(=O)CCl)c(=O)[nH]1.O=C(O)C(F)(F)F. The number of pyridine rings is 1. The average Bonchev–Trinajstić information content (AvgIpc) is 1.70. The first-order valence-corrected chi connectivity index (χ1v) is 31.2. The van der Waals surface area contributed by atoms with Crippen LogP contribution in [0.25, 0.3) is 22.2 Å². The monoisotopic (exact) mass is 1370 g/mol. The first kappa shape index (κ1) is 77.8. The lowest BCUT2D eigenvalue weighted by Gasteiger charge is -2.20. The molecule has 2 aliphatic rings. The summed E-state index contributed by atoms with van der Waals surface area (Å²) in [5.41, 5.74) is 32.6. The number of rotatable bonds is 36.